The summed E-state index contributed by atoms with van der Waals surface area (Å²) in [5, 5.41) is 20.8. The molecule has 6 atom stereocenters. The van der Waals surface area contributed by atoms with Crippen LogP contribution in [0.2, 0.25) is 0 Å². The Morgan fingerprint density at radius 2 is 1.00 bits per heavy atom. The summed E-state index contributed by atoms with van der Waals surface area (Å²) in [6.07, 6.45) is -4.47. The lowest BCUT2D eigenvalue weighted by Gasteiger charge is -2.43. The molecule has 6 heteroatoms. The maximum absolute atomic E-state index is 10.4. The van der Waals surface area contributed by atoms with Crippen molar-refractivity contribution in [2.75, 3.05) is 13.2 Å². The SMILES string of the molecule is O[C@@H]1CO[C@@H](c2ccccc2)OC1C1O[C@H](c2ccccc2)OC[C@H]1O. The second-order valence-electron chi connectivity index (χ2n) is 6.49. The summed E-state index contributed by atoms with van der Waals surface area (Å²) in [6.45, 7) is 0.210. The smallest absolute Gasteiger partial charge is 0.184 e. The molecule has 0 saturated carbocycles. The van der Waals surface area contributed by atoms with Gasteiger partial charge in [-0.15, -0.1) is 0 Å². The van der Waals surface area contributed by atoms with Crippen molar-refractivity contribution in [3.05, 3.63) is 71.8 Å². The van der Waals surface area contributed by atoms with Gasteiger partial charge in [0, 0.05) is 11.1 Å². The van der Waals surface area contributed by atoms with Crippen LogP contribution in [0.4, 0.5) is 0 Å². The molecular weight excluding hydrogens is 336 g/mol. The second-order valence-corrected chi connectivity index (χ2v) is 6.49. The number of benzene rings is 2. The molecule has 0 spiro atoms. The van der Waals surface area contributed by atoms with E-state index in [9.17, 15) is 10.2 Å². The predicted octanol–water partition coefficient (Wildman–Crippen LogP) is 1.94. The lowest BCUT2D eigenvalue weighted by molar-refractivity contribution is -0.331. The third-order valence-electron chi connectivity index (χ3n) is 4.62. The Bertz CT molecular complexity index is 632. The van der Waals surface area contributed by atoms with Crippen LogP contribution in [-0.4, -0.2) is 47.8 Å². The number of hydrogen-bond acceptors (Lipinski definition) is 6. The van der Waals surface area contributed by atoms with Gasteiger partial charge in [-0.25, -0.2) is 0 Å². The molecule has 0 aromatic heterocycles. The van der Waals surface area contributed by atoms with E-state index in [0.717, 1.165) is 11.1 Å². The minimum atomic E-state index is -0.899. The summed E-state index contributed by atoms with van der Waals surface area (Å²) in [5.41, 5.74) is 1.70. The molecule has 4 rings (SSSR count). The van der Waals surface area contributed by atoms with Gasteiger partial charge < -0.3 is 29.2 Å². The molecular formula is C20H22O6. The fraction of sp³-hybridized carbons (Fsp3) is 0.400. The molecule has 2 N–H and O–H groups in total. The normalized spacial score (nSPS) is 35.2. The molecule has 2 unspecified atom stereocenters. The zero-order chi connectivity index (χ0) is 17.9. The topological polar surface area (TPSA) is 77.4 Å². The van der Waals surface area contributed by atoms with Gasteiger partial charge in [-0.3, -0.25) is 0 Å². The Labute approximate surface area is 151 Å². The molecule has 2 fully saturated rings. The molecule has 2 saturated heterocycles. The lowest BCUT2D eigenvalue weighted by Crippen LogP contribution is -2.55. The Hall–Kier alpha value is -1.80. The summed E-state index contributed by atoms with van der Waals surface area (Å²) in [6, 6.07) is 19.0. The summed E-state index contributed by atoms with van der Waals surface area (Å²) >= 11 is 0. The van der Waals surface area contributed by atoms with E-state index in [0.29, 0.717) is 0 Å². The maximum Gasteiger partial charge on any atom is 0.184 e. The molecule has 26 heavy (non-hydrogen) atoms. The molecule has 2 aliphatic rings. The minimum Gasteiger partial charge on any atom is -0.388 e. The first-order valence-corrected chi connectivity index (χ1v) is 8.72. The molecule has 6 nitrogen and oxygen atoms in total. The second kappa shape index (κ2) is 7.84. The number of aliphatic hydroxyl groups excluding tert-OH is 2. The summed E-state index contributed by atoms with van der Waals surface area (Å²) in [7, 11) is 0. The van der Waals surface area contributed by atoms with Gasteiger partial charge in [0.1, 0.15) is 24.4 Å². The van der Waals surface area contributed by atoms with Crippen molar-refractivity contribution in [3.63, 3.8) is 0 Å². The summed E-state index contributed by atoms with van der Waals surface area (Å²) in [4.78, 5) is 0. The van der Waals surface area contributed by atoms with E-state index in [4.69, 9.17) is 18.9 Å². The van der Waals surface area contributed by atoms with Crippen molar-refractivity contribution in [2.24, 2.45) is 0 Å². The molecule has 2 aliphatic heterocycles. The highest BCUT2D eigenvalue weighted by atomic mass is 16.7. The molecule has 2 aromatic rings. The van der Waals surface area contributed by atoms with E-state index in [1.54, 1.807) is 0 Å². The van der Waals surface area contributed by atoms with Crippen LogP contribution >= 0.6 is 0 Å². The fourth-order valence-electron chi connectivity index (χ4n) is 3.27. The Balaban J connectivity index is 1.51. The quantitative estimate of drug-likeness (QED) is 0.873. The highest BCUT2D eigenvalue weighted by Gasteiger charge is 2.44. The van der Waals surface area contributed by atoms with Crippen LogP contribution in [0.1, 0.15) is 23.7 Å². The van der Waals surface area contributed by atoms with Gasteiger partial charge in [0.2, 0.25) is 0 Å². The van der Waals surface area contributed by atoms with Gasteiger partial charge in [-0.05, 0) is 0 Å². The summed E-state index contributed by atoms with van der Waals surface area (Å²) in [5.74, 6) is 0. The Morgan fingerprint density at radius 1 is 0.615 bits per heavy atom. The van der Waals surface area contributed by atoms with Gasteiger partial charge >= 0.3 is 0 Å². The number of hydrogen-bond donors (Lipinski definition) is 2. The van der Waals surface area contributed by atoms with E-state index >= 15 is 0 Å². The van der Waals surface area contributed by atoms with Crippen molar-refractivity contribution in [1.29, 1.82) is 0 Å². The minimum absolute atomic E-state index is 0.105. The first-order valence-electron chi connectivity index (χ1n) is 8.72. The molecule has 2 aromatic carbocycles. The van der Waals surface area contributed by atoms with E-state index in [2.05, 4.69) is 0 Å². The Kier molecular flexibility index (Phi) is 5.31. The van der Waals surface area contributed by atoms with Crippen LogP contribution in [0.25, 0.3) is 0 Å². The predicted molar refractivity (Wildman–Crippen MR) is 92.0 cm³/mol. The van der Waals surface area contributed by atoms with Crippen molar-refractivity contribution in [3.8, 4) is 0 Å². The van der Waals surface area contributed by atoms with Gasteiger partial charge in [-0.2, -0.15) is 0 Å². The molecule has 0 amide bonds. The molecule has 0 radical (unpaired) electrons. The average molecular weight is 358 g/mol. The summed E-state index contributed by atoms with van der Waals surface area (Å²) < 4.78 is 23.1. The van der Waals surface area contributed by atoms with Crippen LogP contribution < -0.4 is 0 Å². The molecule has 0 bridgehead atoms. The maximum atomic E-state index is 10.4. The van der Waals surface area contributed by atoms with E-state index < -0.39 is 37.0 Å². The fourth-order valence-corrected chi connectivity index (χ4v) is 3.27. The highest BCUT2D eigenvalue weighted by Crippen LogP contribution is 2.34. The number of rotatable bonds is 3. The van der Waals surface area contributed by atoms with Crippen molar-refractivity contribution in [2.45, 2.75) is 37.0 Å². The van der Waals surface area contributed by atoms with Gasteiger partial charge in [0.15, 0.2) is 12.6 Å². The standard InChI is InChI=1S/C20H22O6/c21-15-11-23-19(13-7-3-1-4-8-13)25-17(15)18-16(22)12-24-20(26-18)14-9-5-2-6-10-14/h1-10,15-22H,11-12H2/t15-,16-,17?,18?,19-,20-/m1/s1. The van der Waals surface area contributed by atoms with E-state index in [1.165, 1.54) is 0 Å². The lowest BCUT2D eigenvalue weighted by atomic mass is 10.0. The van der Waals surface area contributed by atoms with Crippen molar-refractivity contribution >= 4 is 0 Å². The zero-order valence-electron chi connectivity index (χ0n) is 14.2. The first-order chi connectivity index (χ1) is 12.7. The molecule has 138 valence electrons. The van der Waals surface area contributed by atoms with Gasteiger partial charge in [-0.1, -0.05) is 60.7 Å². The highest BCUT2D eigenvalue weighted by molar-refractivity contribution is 5.18. The van der Waals surface area contributed by atoms with Gasteiger partial charge in [0.25, 0.3) is 0 Å². The van der Waals surface area contributed by atoms with Gasteiger partial charge in [0.05, 0.1) is 13.2 Å². The molecule has 0 aliphatic carbocycles. The van der Waals surface area contributed by atoms with Crippen molar-refractivity contribution < 1.29 is 29.2 Å². The van der Waals surface area contributed by atoms with Crippen LogP contribution in [0.5, 0.6) is 0 Å². The van der Waals surface area contributed by atoms with E-state index in [1.807, 2.05) is 60.7 Å². The zero-order valence-corrected chi connectivity index (χ0v) is 14.2. The van der Waals surface area contributed by atoms with Crippen molar-refractivity contribution in [1.82, 2.24) is 0 Å². The van der Waals surface area contributed by atoms with Crippen LogP contribution in [0.3, 0.4) is 0 Å². The largest absolute Gasteiger partial charge is 0.388 e. The van der Waals surface area contributed by atoms with Crippen LogP contribution in [0, 0.1) is 0 Å². The number of ether oxygens (including phenoxy) is 4. The Morgan fingerprint density at radius 3 is 1.38 bits per heavy atom. The van der Waals surface area contributed by atoms with Crippen LogP contribution in [-0.2, 0) is 18.9 Å². The third kappa shape index (κ3) is 3.66. The first kappa shape index (κ1) is 17.6. The van der Waals surface area contributed by atoms with E-state index in [-0.39, 0.29) is 13.2 Å². The van der Waals surface area contributed by atoms with Crippen LogP contribution in [0.15, 0.2) is 60.7 Å². The average Bonchev–Trinajstić information content (AvgIpc) is 2.70. The number of aliphatic hydroxyl groups is 2. The molecule has 2 heterocycles. The third-order valence-corrected chi connectivity index (χ3v) is 4.62. The monoisotopic (exact) mass is 358 g/mol.